The van der Waals surface area contributed by atoms with Gasteiger partial charge in [-0.05, 0) is 12.0 Å². The fourth-order valence-corrected chi connectivity index (χ4v) is 1.94. The normalized spacial score (nSPS) is 16.3. The summed E-state index contributed by atoms with van der Waals surface area (Å²) in [4.78, 5) is 6.75. The van der Waals surface area contributed by atoms with Crippen molar-refractivity contribution in [2.75, 3.05) is 42.9 Å². The quantitative estimate of drug-likeness (QED) is 0.829. The lowest BCUT2D eigenvalue weighted by Gasteiger charge is -2.29. The van der Waals surface area contributed by atoms with E-state index in [1.807, 2.05) is 6.20 Å². The SMILES string of the molecule is CC(C)CNc1cc(N2CCNCC2)ccn1. The van der Waals surface area contributed by atoms with Gasteiger partial charge in [0.25, 0.3) is 0 Å². The molecule has 0 aromatic carbocycles. The van der Waals surface area contributed by atoms with E-state index >= 15 is 0 Å². The Kier molecular flexibility index (Phi) is 4.20. The van der Waals surface area contributed by atoms with Crippen LogP contribution in [-0.2, 0) is 0 Å². The van der Waals surface area contributed by atoms with Crippen molar-refractivity contribution in [1.82, 2.24) is 10.3 Å². The number of rotatable bonds is 4. The van der Waals surface area contributed by atoms with Crippen LogP contribution < -0.4 is 15.5 Å². The van der Waals surface area contributed by atoms with E-state index in [9.17, 15) is 0 Å². The van der Waals surface area contributed by atoms with Crippen LogP contribution >= 0.6 is 0 Å². The maximum Gasteiger partial charge on any atom is 0.127 e. The highest BCUT2D eigenvalue weighted by Gasteiger charge is 2.10. The zero-order valence-corrected chi connectivity index (χ0v) is 10.7. The van der Waals surface area contributed by atoms with E-state index in [0.717, 1.165) is 38.5 Å². The molecular weight excluding hydrogens is 212 g/mol. The van der Waals surface area contributed by atoms with E-state index in [4.69, 9.17) is 0 Å². The second-order valence-corrected chi connectivity index (χ2v) is 4.91. The maximum absolute atomic E-state index is 4.35. The van der Waals surface area contributed by atoms with Crippen LogP contribution in [0.2, 0.25) is 0 Å². The van der Waals surface area contributed by atoms with Crippen LogP contribution in [-0.4, -0.2) is 37.7 Å². The van der Waals surface area contributed by atoms with Crippen LogP contribution in [0, 0.1) is 5.92 Å². The molecule has 1 saturated heterocycles. The molecule has 2 heterocycles. The molecular formula is C13H22N4. The monoisotopic (exact) mass is 234 g/mol. The first-order valence-electron chi connectivity index (χ1n) is 6.41. The Morgan fingerprint density at radius 1 is 1.41 bits per heavy atom. The van der Waals surface area contributed by atoms with E-state index < -0.39 is 0 Å². The standard InChI is InChI=1S/C13H22N4/c1-11(2)10-16-13-9-12(3-4-15-13)17-7-5-14-6-8-17/h3-4,9,11,14H,5-8,10H2,1-2H3,(H,15,16). The molecule has 4 nitrogen and oxygen atoms in total. The lowest BCUT2D eigenvalue weighted by atomic mass is 10.2. The molecule has 2 N–H and O–H groups in total. The van der Waals surface area contributed by atoms with Gasteiger partial charge in [0.2, 0.25) is 0 Å². The third kappa shape index (κ3) is 3.60. The second-order valence-electron chi connectivity index (χ2n) is 4.91. The highest BCUT2D eigenvalue weighted by Crippen LogP contribution is 2.17. The molecule has 0 bridgehead atoms. The van der Waals surface area contributed by atoms with Crippen molar-refractivity contribution in [3.63, 3.8) is 0 Å². The number of hydrogen-bond donors (Lipinski definition) is 2. The van der Waals surface area contributed by atoms with Gasteiger partial charge in [-0.1, -0.05) is 13.8 Å². The van der Waals surface area contributed by atoms with Gasteiger partial charge in [0.15, 0.2) is 0 Å². The lowest BCUT2D eigenvalue weighted by molar-refractivity contribution is 0.589. The summed E-state index contributed by atoms with van der Waals surface area (Å²) in [6.45, 7) is 9.66. The third-order valence-electron chi connectivity index (χ3n) is 2.92. The Morgan fingerprint density at radius 3 is 2.88 bits per heavy atom. The fourth-order valence-electron chi connectivity index (χ4n) is 1.94. The summed E-state index contributed by atoms with van der Waals surface area (Å²) in [5.74, 6) is 1.62. The first kappa shape index (κ1) is 12.2. The molecule has 1 aromatic heterocycles. The minimum absolute atomic E-state index is 0.639. The molecule has 1 aliphatic heterocycles. The van der Waals surface area contributed by atoms with Crippen LogP contribution in [0.3, 0.4) is 0 Å². The molecule has 0 atom stereocenters. The smallest absolute Gasteiger partial charge is 0.127 e. The van der Waals surface area contributed by atoms with E-state index in [2.05, 4.69) is 46.5 Å². The Morgan fingerprint density at radius 2 is 2.18 bits per heavy atom. The lowest BCUT2D eigenvalue weighted by Crippen LogP contribution is -2.43. The fraction of sp³-hybridized carbons (Fsp3) is 0.615. The summed E-state index contributed by atoms with van der Waals surface area (Å²) in [5, 5.41) is 6.74. The number of nitrogens with one attached hydrogen (secondary N) is 2. The summed E-state index contributed by atoms with van der Waals surface area (Å²) in [7, 11) is 0. The van der Waals surface area contributed by atoms with Crippen molar-refractivity contribution in [3.05, 3.63) is 18.3 Å². The van der Waals surface area contributed by atoms with Crippen molar-refractivity contribution >= 4 is 11.5 Å². The largest absolute Gasteiger partial charge is 0.370 e. The van der Waals surface area contributed by atoms with Crippen LogP contribution in [0.1, 0.15) is 13.8 Å². The Labute approximate surface area is 103 Å². The molecule has 1 aromatic rings. The molecule has 1 fully saturated rings. The molecule has 17 heavy (non-hydrogen) atoms. The van der Waals surface area contributed by atoms with Crippen molar-refractivity contribution < 1.29 is 0 Å². The third-order valence-corrected chi connectivity index (χ3v) is 2.92. The molecule has 0 unspecified atom stereocenters. The highest BCUT2D eigenvalue weighted by atomic mass is 15.2. The van der Waals surface area contributed by atoms with Gasteiger partial charge >= 0.3 is 0 Å². The summed E-state index contributed by atoms with van der Waals surface area (Å²) >= 11 is 0. The summed E-state index contributed by atoms with van der Waals surface area (Å²) in [6, 6.07) is 4.24. The molecule has 1 aliphatic rings. The van der Waals surface area contributed by atoms with Crippen LogP contribution in [0.4, 0.5) is 11.5 Å². The molecule has 0 saturated carbocycles. The van der Waals surface area contributed by atoms with Gasteiger partial charge in [-0.15, -0.1) is 0 Å². The van der Waals surface area contributed by atoms with Gasteiger partial charge in [-0.3, -0.25) is 0 Å². The minimum atomic E-state index is 0.639. The van der Waals surface area contributed by atoms with Crippen LogP contribution in [0.15, 0.2) is 18.3 Å². The predicted molar refractivity (Wildman–Crippen MR) is 72.6 cm³/mol. The molecule has 0 amide bonds. The van der Waals surface area contributed by atoms with Crippen molar-refractivity contribution in [3.8, 4) is 0 Å². The number of hydrogen-bond acceptors (Lipinski definition) is 4. The minimum Gasteiger partial charge on any atom is -0.370 e. The Bertz CT molecular complexity index is 345. The average molecular weight is 234 g/mol. The second kappa shape index (κ2) is 5.87. The number of nitrogens with zero attached hydrogens (tertiary/aromatic N) is 2. The van der Waals surface area contributed by atoms with E-state index in [1.54, 1.807) is 0 Å². The molecule has 0 spiro atoms. The highest BCUT2D eigenvalue weighted by molar-refractivity contribution is 5.54. The van der Waals surface area contributed by atoms with Crippen molar-refractivity contribution in [1.29, 1.82) is 0 Å². The van der Waals surface area contributed by atoms with Crippen molar-refractivity contribution in [2.24, 2.45) is 5.92 Å². The van der Waals surface area contributed by atoms with Crippen LogP contribution in [0.5, 0.6) is 0 Å². The first-order valence-corrected chi connectivity index (χ1v) is 6.41. The van der Waals surface area contributed by atoms with E-state index in [0.29, 0.717) is 5.92 Å². The Balaban J connectivity index is 2.00. The summed E-state index contributed by atoms with van der Waals surface area (Å²) in [5.41, 5.74) is 1.27. The maximum atomic E-state index is 4.35. The van der Waals surface area contributed by atoms with Gasteiger partial charge in [0, 0.05) is 50.7 Å². The molecule has 0 radical (unpaired) electrons. The number of piperazine rings is 1. The number of anilines is 2. The predicted octanol–water partition coefficient (Wildman–Crippen LogP) is 1.56. The van der Waals surface area contributed by atoms with E-state index in [-0.39, 0.29) is 0 Å². The van der Waals surface area contributed by atoms with Gasteiger partial charge in [-0.2, -0.15) is 0 Å². The average Bonchev–Trinajstić information content (AvgIpc) is 2.38. The molecule has 94 valence electrons. The van der Waals surface area contributed by atoms with Gasteiger partial charge in [0.05, 0.1) is 0 Å². The van der Waals surface area contributed by atoms with E-state index in [1.165, 1.54) is 5.69 Å². The first-order chi connectivity index (χ1) is 8.25. The Hall–Kier alpha value is -1.29. The summed E-state index contributed by atoms with van der Waals surface area (Å²) in [6.07, 6.45) is 1.89. The summed E-state index contributed by atoms with van der Waals surface area (Å²) < 4.78 is 0. The van der Waals surface area contributed by atoms with Gasteiger partial charge in [0.1, 0.15) is 5.82 Å². The molecule has 4 heteroatoms. The topological polar surface area (TPSA) is 40.2 Å². The zero-order chi connectivity index (χ0) is 12.1. The molecule has 2 rings (SSSR count). The van der Waals surface area contributed by atoms with Gasteiger partial charge in [-0.25, -0.2) is 4.98 Å². The van der Waals surface area contributed by atoms with Crippen molar-refractivity contribution in [2.45, 2.75) is 13.8 Å². The van der Waals surface area contributed by atoms with Gasteiger partial charge < -0.3 is 15.5 Å². The number of pyridine rings is 1. The van der Waals surface area contributed by atoms with Crippen LogP contribution in [0.25, 0.3) is 0 Å². The zero-order valence-electron chi connectivity index (χ0n) is 10.7. The number of aromatic nitrogens is 1. The molecule has 0 aliphatic carbocycles.